The number of amides is 1. The van der Waals surface area contributed by atoms with Gasteiger partial charge in [-0.3, -0.25) is 14.9 Å². The normalized spacial score (nSPS) is 29.7. The lowest BCUT2D eigenvalue weighted by Gasteiger charge is -2.34. The number of fused-ring (bicyclic) bond motifs is 2. The molecule has 0 aliphatic heterocycles. The summed E-state index contributed by atoms with van der Waals surface area (Å²) in [6.45, 7) is 6.79. The number of anilines is 1. The molecular weight excluding hydrogens is 344 g/mol. The molecule has 7 nitrogen and oxygen atoms in total. The number of rotatable bonds is 5. The van der Waals surface area contributed by atoms with Crippen LogP contribution in [0.5, 0.6) is 0 Å². The predicted molar refractivity (Wildman–Crippen MR) is 104 cm³/mol. The lowest BCUT2D eigenvalue weighted by Crippen LogP contribution is -2.34. The van der Waals surface area contributed by atoms with Crippen molar-refractivity contribution in [1.29, 1.82) is 0 Å². The van der Waals surface area contributed by atoms with Crippen LogP contribution < -0.4 is 10.7 Å². The highest BCUT2D eigenvalue weighted by Gasteiger charge is 2.60. The van der Waals surface area contributed by atoms with E-state index in [1.165, 1.54) is 12.5 Å². The Balaban J connectivity index is 1.52. The smallest absolute Gasteiger partial charge is 0.293 e. The van der Waals surface area contributed by atoms with Gasteiger partial charge in [-0.25, -0.2) is 5.43 Å². The molecule has 0 radical (unpaired) electrons. The fraction of sp³-hybridized carbons (Fsp3) is 0.600. The second-order valence-corrected chi connectivity index (χ2v) is 8.90. The molecule has 2 bridgehead atoms. The molecule has 0 spiro atoms. The average molecular weight is 370 g/mol. The molecule has 0 aromatic heterocycles. The number of hydrogen-bond donors (Lipinski definition) is 2. The van der Waals surface area contributed by atoms with E-state index in [-0.39, 0.29) is 22.1 Å². The third-order valence-corrected chi connectivity index (χ3v) is 7.20. The first-order chi connectivity index (χ1) is 12.7. The number of benzene rings is 1. The van der Waals surface area contributed by atoms with E-state index in [0.29, 0.717) is 17.6 Å². The molecule has 0 saturated heterocycles. The third kappa shape index (κ3) is 2.89. The van der Waals surface area contributed by atoms with Crippen LogP contribution >= 0.6 is 0 Å². The van der Waals surface area contributed by atoms with Crippen LogP contribution in [0.25, 0.3) is 0 Å². The second kappa shape index (κ2) is 6.04. The summed E-state index contributed by atoms with van der Waals surface area (Å²) in [5.74, 6) is 0.194. The minimum Gasteiger partial charge on any atom is -0.377 e. The van der Waals surface area contributed by atoms with Crippen molar-refractivity contribution in [1.82, 2.24) is 5.43 Å². The Morgan fingerprint density at radius 2 is 2.00 bits per heavy atom. The van der Waals surface area contributed by atoms with Gasteiger partial charge in [0.15, 0.2) is 0 Å². The molecule has 3 aliphatic rings. The number of nitrogens with one attached hydrogen (secondary N) is 2. The fourth-order valence-electron chi connectivity index (χ4n) is 4.67. The maximum absolute atomic E-state index is 12.5. The maximum atomic E-state index is 12.5. The lowest BCUT2D eigenvalue weighted by molar-refractivity contribution is -0.384. The van der Waals surface area contributed by atoms with E-state index >= 15 is 0 Å². The number of carbonyl (C=O) groups is 1. The lowest BCUT2D eigenvalue weighted by atomic mass is 9.70. The van der Waals surface area contributed by atoms with Gasteiger partial charge in [0, 0.05) is 28.8 Å². The van der Waals surface area contributed by atoms with Gasteiger partial charge in [0.2, 0.25) is 0 Å². The highest BCUT2D eigenvalue weighted by atomic mass is 16.6. The molecule has 1 aromatic carbocycles. The highest BCUT2D eigenvalue weighted by molar-refractivity contribution is 5.99. The molecule has 2 atom stereocenters. The number of nitro benzene ring substituents is 1. The van der Waals surface area contributed by atoms with Crippen LogP contribution in [-0.2, 0) is 0 Å². The van der Waals surface area contributed by atoms with Gasteiger partial charge in [0.1, 0.15) is 5.69 Å². The summed E-state index contributed by atoms with van der Waals surface area (Å²) in [4.78, 5) is 23.5. The van der Waals surface area contributed by atoms with E-state index in [2.05, 4.69) is 36.6 Å². The van der Waals surface area contributed by atoms with Gasteiger partial charge in [-0.2, -0.15) is 5.10 Å². The molecule has 1 aromatic rings. The summed E-state index contributed by atoms with van der Waals surface area (Å²) in [6, 6.07) is 4.85. The van der Waals surface area contributed by atoms with Gasteiger partial charge in [-0.1, -0.05) is 20.8 Å². The summed E-state index contributed by atoms with van der Waals surface area (Å²) < 4.78 is 0. The predicted octanol–water partition coefficient (Wildman–Crippen LogP) is 4.10. The van der Waals surface area contributed by atoms with Crippen molar-refractivity contribution in [2.45, 2.75) is 58.9 Å². The average Bonchev–Trinajstić information content (AvgIpc) is 3.38. The third-order valence-electron chi connectivity index (χ3n) is 7.20. The molecule has 0 unspecified atom stereocenters. The van der Waals surface area contributed by atoms with Crippen LogP contribution in [0.3, 0.4) is 0 Å². The van der Waals surface area contributed by atoms with Crippen LogP contribution in [0, 0.1) is 26.9 Å². The Kier molecular flexibility index (Phi) is 4.01. The van der Waals surface area contributed by atoms with Crippen molar-refractivity contribution in [3.8, 4) is 0 Å². The van der Waals surface area contributed by atoms with E-state index in [1.807, 2.05) is 0 Å². The van der Waals surface area contributed by atoms with Crippen molar-refractivity contribution < 1.29 is 9.72 Å². The number of hydrogen-bond acceptors (Lipinski definition) is 5. The molecule has 1 amide bonds. The zero-order valence-electron chi connectivity index (χ0n) is 16.0. The van der Waals surface area contributed by atoms with Crippen LogP contribution in [-0.4, -0.2) is 22.6 Å². The van der Waals surface area contributed by atoms with Crippen molar-refractivity contribution >= 4 is 23.0 Å². The molecule has 0 heterocycles. The Morgan fingerprint density at radius 1 is 1.26 bits per heavy atom. The standard InChI is InChI=1S/C20H26N4O3/c1-19(2)13-8-9-20(19,3)17(11-13)22-23-18(25)12-4-7-15(21-14-5-6-14)16(10-12)24(26)27/h4,7,10,13-14,21H,5-6,8-9,11H2,1-3H3,(H,23,25)/b22-17+/t13-,20-/m0/s1. The first-order valence-corrected chi connectivity index (χ1v) is 9.65. The monoisotopic (exact) mass is 370 g/mol. The molecule has 4 rings (SSSR count). The number of nitro groups is 1. The molecule has 3 saturated carbocycles. The Labute approximate surface area is 158 Å². The largest absolute Gasteiger partial charge is 0.377 e. The summed E-state index contributed by atoms with van der Waals surface area (Å²) in [5.41, 5.74) is 4.51. The molecule has 2 N–H and O–H groups in total. The fourth-order valence-corrected chi connectivity index (χ4v) is 4.67. The summed E-state index contributed by atoms with van der Waals surface area (Å²) in [7, 11) is 0. The van der Waals surface area contributed by atoms with Gasteiger partial charge in [0.25, 0.3) is 11.6 Å². The van der Waals surface area contributed by atoms with Gasteiger partial charge in [0.05, 0.1) is 4.92 Å². The Hall–Kier alpha value is -2.44. The molecule has 3 fully saturated rings. The highest BCUT2D eigenvalue weighted by Crippen LogP contribution is 2.63. The van der Waals surface area contributed by atoms with Crippen LogP contribution in [0.2, 0.25) is 0 Å². The van der Waals surface area contributed by atoms with Crippen molar-refractivity contribution in [2.24, 2.45) is 21.8 Å². The van der Waals surface area contributed by atoms with Crippen LogP contribution in [0.1, 0.15) is 63.2 Å². The Bertz CT molecular complexity index is 844. The minimum absolute atomic E-state index is 0.00891. The van der Waals surface area contributed by atoms with Crippen molar-refractivity contribution in [2.75, 3.05) is 5.32 Å². The molecular formula is C20H26N4O3. The van der Waals surface area contributed by atoms with E-state index in [4.69, 9.17) is 0 Å². The molecule has 27 heavy (non-hydrogen) atoms. The zero-order valence-corrected chi connectivity index (χ0v) is 16.0. The van der Waals surface area contributed by atoms with Crippen molar-refractivity contribution in [3.05, 3.63) is 33.9 Å². The van der Waals surface area contributed by atoms with Gasteiger partial charge in [-0.15, -0.1) is 0 Å². The summed E-state index contributed by atoms with van der Waals surface area (Å²) in [5, 5.41) is 18.9. The quantitative estimate of drug-likeness (QED) is 0.602. The minimum atomic E-state index is -0.452. The van der Waals surface area contributed by atoms with E-state index in [9.17, 15) is 14.9 Å². The number of nitrogens with zero attached hydrogens (tertiary/aromatic N) is 2. The van der Waals surface area contributed by atoms with Gasteiger partial charge >= 0.3 is 0 Å². The van der Waals surface area contributed by atoms with E-state index < -0.39 is 10.8 Å². The summed E-state index contributed by atoms with van der Waals surface area (Å²) in [6.07, 6.45) is 5.25. The second-order valence-electron chi connectivity index (χ2n) is 8.90. The van der Waals surface area contributed by atoms with E-state index in [1.54, 1.807) is 12.1 Å². The van der Waals surface area contributed by atoms with Crippen LogP contribution in [0.4, 0.5) is 11.4 Å². The Morgan fingerprint density at radius 3 is 2.56 bits per heavy atom. The van der Waals surface area contributed by atoms with Crippen LogP contribution in [0.15, 0.2) is 23.3 Å². The topological polar surface area (TPSA) is 96.6 Å². The van der Waals surface area contributed by atoms with Gasteiger partial charge < -0.3 is 5.32 Å². The SMILES string of the molecule is CC1(C)[C@H]2CC[C@@]1(C)/C(=N/NC(=O)c1ccc(NC3CC3)c([N+](=O)[O-])c1)C2. The van der Waals surface area contributed by atoms with Gasteiger partial charge in [-0.05, 0) is 55.6 Å². The first kappa shape index (κ1) is 17.9. The number of hydrazone groups is 1. The number of carbonyl (C=O) groups excluding carboxylic acids is 1. The molecule has 144 valence electrons. The first-order valence-electron chi connectivity index (χ1n) is 9.65. The summed E-state index contributed by atoms with van der Waals surface area (Å²) >= 11 is 0. The van der Waals surface area contributed by atoms with Crippen molar-refractivity contribution in [3.63, 3.8) is 0 Å². The molecule has 3 aliphatic carbocycles. The molecule has 7 heteroatoms. The zero-order chi connectivity index (χ0) is 19.4. The van der Waals surface area contributed by atoms with E-state index in [0.717, 1.165) is 31.4 Å². The maximum Gasteiger partial charge on any atom is 0.293 e.